The Kier molecular flexibility index (Phi) is 3.59. The van der Waals surface area contributed by atoms with Gasteiger partial charge in [0.1, 0.15) is 5.75 Å². The van der Waals surface area contributed by atoms with Crippen LogP contribution in [0.3, 0.4) is 0 Å². The van der Waals surface area contributed by atoms with Gasteiger partial charge in [-0.15, -0.1) is 11.3 Å². The number of hydrogen-bond acceptors (Lipinski definition) is 5. The molecule has 4 nitrogen and oxygen atoms in total. The SMILES string of the molecule is NCC(=O)c1ccc(-c2c(O)ccc3c2-c2ccsc2CN3)cc1. The van der Waals surface area contributed by atoms with Gasteiger partial charge < -0.3 is 16.2 Å². The smallest absolute Gasteiger partial charge is 0.176 e. The van der Waals surface area contributed by atoms with Crippen molar-refractivity contribution in [1.29, 1.82) is 0 Å². The molecule has 0 fully saturated rings. The van der Waals surface area contributed by atoms with Gasteiger partial charge >= 0.3 is 0 Å². The molecule has 1 aliphatic heterocycles. The molecule has 4 rings (SSSR count). The molecule has 0 saturated heterocycles. The summed E-state index contributed by atoms with van der Waals surface area (Å²) in [6.45, 7) is 0.793. The van der Waals surface area contributed by atoms with Crippen molar-refractivity contribution in [3.63, 3.8) is 0 Å². The summed E-state index contributed by atoms with van der Waals surface area (Å²) in [4.78, 5) is 13.0. The molecule has 0 spiro atoms. The van der Waals surface area contributed by atoms with E-state index >= 15 is 0 Å². The van der Waals surface area contributed by atoms with Crippen LogP contribution in [0.2, 0.25) is 0 Å². The van der Waals surface area contributed by atoms with E-state index in [1.54, 1.807) is 29.5 Å². The van der Waals surface area contributed by atoms with Crippen molar-refractivity contribution >= 4 is 22.8 Å². The van der Waals surface area contributed by atoms with Gasteiger partial charge in [0.15, 0.2) is 5.78 Å². The van der Waals surface area contributed by atoms with Gasteiger partial charge in [0.2, 0.25) is 0 Å². The largest absolute Gasteiger partial charge is 0.507 e. The van der Waals surface area contributed by atoms with E-state index < -0.39 is 0 Å². The van der Waals surface area contributed by atoms with E-state index in [0.717, 1.165) is 34.5 Å². The Morgan fingerprint density at radius 1 is 1.12 bits per heavy atom. The van der Waals surface area contributed by atoms with Crippen LogP contribution in [-0.2, 0) is 6.54 Å². The van der Waals surface area contributed by atoms with Crippen molar-refractivity contribution in [2.45, 2.75) is 6.54 Å². The number of nitrogens with two attached hydrogens (primary N) is 1. The minimum atomic E-state index is -0.0948. The van der Waals surface area contributed by atoms with Crippen molar-refractivity contribution in [2.75, 3.05) is 11.9 Å². The first-order valence-electron chi connectivity index (χ1n) is 7.69. The van der Waals surface area contributed by atoms with Gasteiger partial charge in [-0.25, -0.2) is 0 Å². The molecule has 0 amide bonds. The molecule has 0 aliphatic carbocycles. The van der Waals surface area contributed by atoms with E-state index in [2.05, 4.69) is 16.8 Å². The Labute approximate surface area is 143 Å². The molecule has 5 heteroatoms. The zero-order chi connectivity index (χ0) is 16.7. The second-order valence-electron chi connectivity index (χ2n) is 5.70. The summed E-state index contributed by atoms with van der Waals surface area (Å²) in [7, 11) is 0. The molecule has 0 saturated carbocycles. The van der Waals surface area contributed by atoms with Crippen LogP contribution in [0.25, 0.3) is 22.3 Å². The minimum absolute atomic E-state index is 0.00643. The molecule has 3 aromatic rings. The molecular weight excluding hydrogens is 320 g/mol. The number of phenolic OH excluding ortho intramolecular Hbond substituents is 1. The van der Waals surface area contributed by atoms with Gasteiger partial charge in [-0.2, -0.15) is 0 Å². The van der Waals surface area contributed by atoms with Gasteiger partial charge in [0.05, 0.1) is 13.1 Å². The fourth-order valence-electron chi connectivity index (χ4n) is 3.13. The lowest BCUT2D eigenvalue weighted by molar-refractivity contribution is 0.100. The van der Waals surface area contributed by atoms with Crippen LogP contribution in [0.5, 0.6) is 5.75 Å². The molecule has 0 unspecified atom stereocenters. The maximum Gasteiger partial charge on any atom is 0.176 e. The van der Waals surface area contributed by atoms with Crippen LogP contribution < -0.4 is 11.1 Å². The van der Waals surface area contributed by atoms with Crippen LogP contribution in [0.1, 0.15) is 15.2 Å². The van der Waals surface area contributed by atoms with Crippen LogP contribution in [0.4, 0.5) is 5.69 Å². The van der Waals surface area contributed by atoms with Crippen LogP contribution in [-0.4, -0.2) is 17.4 Å². The lowest BCUT2D eigenvalue weighted by atomic mass is 9.90. The average Bonchev–Trinajstić information content (AvgIpc) is 3.10. The topological polar surface area (TPSA) is 75.4 Å². The average molecular weight is 336 g/mol. The van der Waals surface area contributed by atoms with Crippen molar-refractivity contribution in [2.24, 2.45) is 5.73 Å². The maximum atomic E-state index is 11.7. The summed E-state index contributed by atoms with van der Waals surface area (Å²) in [5, 5.41) is 16.0. The number of hydrogen-bond donors (Lipinski definition) is 3. The Hall–Kier alpha value is -2.63. The number of phenols is 1. The number of fused-ring (bicyclic) bond motifs is 3. The number of aromatic hydroxyl groups is 1. The Morgan fingerprint density at radius 3 is 2.67 bits per heavy atom. The summed E-state index contributed by atoms with van der Waals surface area (Å²) >= 11 is 1.71. The number of carbonyl (C=O) groups excluding carboxylic acids is 1. The first-order valence-corrected chi connectivity index (χ1v) is 8.57. The van der Waals surface area contributed by atoms with Gasteiger partial charge in [-0.05, 0) is 29.1 Å². The summed E-state index contributed by atoms with van der Waals surface area (Å²) in [6.07, 6.45) is 0. The van der Waals surface area contributed by atoms with Crippen LogP contribution in [0.15, 0.2) is 47.8 Å². The summed E-state index contributed by atoms with van der Waals surface area (Å²) < 4.78 is 0. The number of ketones is 1. The zero-order valence-electron chi connectivity index (χ0n) is 12.9. The Bertz CT molecular complexity index is 929. The highest BCUT2D eigenvalue weighted by molar-refractivity contribution is 7.10. The molecule has 0 atom stereocenters. The molecule has 2 heterocycles. The lowest BCUT2D eigenvalue weighted by Crippen LogP contribution is -2.13. The van der Waals surface area contributed by atoms with E-state index in [0.29, 0.717) is 5.56 Å². The summed E-state index contributed by atoms with van der Waals surface area (Å²) in [5.41, 5.74) is 10.8. The Balaban J connectivity index is 1.89. The molecule has 120 valence electrons. The third kappa shape index (κ3) is 2.29. The monoisotopic (exact) mass is 336 g/mol. The quantitative estimate of drug-likeness (QED) is 0.501. The summed E-state index contributed by atoms with van der Waals surface area (Å²) in [5.74, 6) is 0.134. The van der Waals surface area contributed by atoms with E-state index in [4.69, 9.17) is 5.73 Å². The number of carbonyl (C=O) groups is 1. The first kappa shape index (κ1) is 14.9. The van der Waals surface area contributed by atoms with Gasteiger partial charge in [0.25, 0.3) is 0 Å². The highest BCUT2D eigenvalue weighted by Gasteiger charge is 2.23. The second kappa shape index (κ2) is 5.78. The van der Waals surface area contributed by atoms with E-state index in [1.807, 2.05) is 18.2 Å². The zero-order valence-corrected chi connectivity index (χ0v) is 13.7. The van der Waals surface area contributed by atoms with E-state index in [-0.39, 0.29) is 18.1 Å². The lowest BCUT2D eigenvalue weighted by Gasteiger charge is -2.22. The number of anilines is 1. The van der Waals surface area contributed by atoms with Crippen LogP contribution in [0, 0.1) is 0 Å². The number of thiophene rings is 1. The Morgan fingerprint density at radius 2 is 1.92 bits per heavy atom. The third-order valence-electron chi connectivity index (χ3n) is 4.32. The minimum Gasteiger partial charge on any atom is -0.507 e. The summed E-state index contributed by atoms with van der Waals surface area (Å²) in [6, 6.07) is 12.9. The van der Waals surface area contributed by atoms with Crippen LogP contribution >= 0.6 is 11.3 Å². The van der Waals surface area contributed by atoms with Gasteiger partial charge in [-0.3, -0.25) is 4.79 Å². The normalized spacial score (nSPS) is 12.2. The highest BCUT2D eigenvalue weighted by atomic mass is 32.1. The number of nitrogens with one attached hydrogen (secondary N) is 1. The molecule has 2 aromatic carbocycles. The van der Waals surface area contributed by atoms with Gasteiger partial charge in [-0.1, -0.05) is 24.3 Å². The fraction of sp³-hybridized carbons (Fsp3) is 0.105. The van der Waals surface area contributed by atoms with Crippen molar-refractivity contribution in [1.82, 2.24) is 0 Å². The number of benzene rings is 2. The first-order chi connectivity index (χ1) is 11.7. The van der Waals surface area contributed by atoms with Gasteiger partial charge in [0, 0.05) is 32.8 Å². The number of rotatable bonds is 3. The molecule has 4 N–H and O–H groups in total. The van der Waals surface area contributed by atoms with Crippen molar-refractivity contribution < 1.29 is 9.90 Å². The third-order valence-corrected chi connectivity index (χ3v) is 5.24. The van der Waals surface area contributed by atoms with Crippen molar-refractivity contribution in [3.8, 4) is 28.0 Å². The van der Waals surface area contributed by atoms with E-state index in [9.17, 15) is 9.90 Å². The predicted molar refractivity (Wildman–Crippen MR) is 97.6 cm³/mol. The molecule has 1 aromatic heterocycles. The fourth-order valence-corrected chi connectivity index (χ4v) is 3.95. The molecule has 24 heavy (non-hydrogen) atoms. The molecule has 0 radical (unpaired) electrons. The molecule has 0 bridgehead atoms. The number of Topliss-reactive ketones (excluding diaryl/α,β-unsaturated/α-hetero) is 1. The predicted octanol–water partition coefficient (Wildman–Crippen LogP) is 3.85. The maximum absolute atomic E-state index is 11.7. The standard InChI is InChI=1S/C19H16N2O2S/c20-9-16(23)11-1-3-12(4-2-11)18-15(22)6-5-14-19(18)13-7-8-24-17(13)10-21-14/h1-8,21-22H,9-10,20H2. The van der Waals surface area contributed by atoms with Crippen molar-refractivity contribution in [3.05, 3.63) is 58.3 Å². The molecule has 1 aliphatic rings. The highest BCUT2D eigenvalue weighted by Crippen LogP contribution is 2.47. The molecular formula is C19H16N2O2S. The second-order valence-corrected chi connectivity index (χ2v) is 6.70. The van der Waals surface area contributed by atoms with E-state index in [1.165, 1.54) is 4.88 Å².